The van der Waals surface area contributed by atoms with E-state index < -0.39 is 0 Å². The Bertz CT molecular complexity index is 1060. The van der Waals surface area contributed by atoms with Crippen LogP contribution in [0.5, 0.6) is 0 Å². The van der Waals surface area contributed by atoms with E-state index in [1.54, 1.807) is 16.8 Å². The highest BCUT2D eigenvalue weighted by Crippen LogP contribution is 2.23. The van der Waals surface area contributed by atoms with Crippen LogP contribution in [0.25, 0.3) is 10.9 Å². The number of benzene rings is 1. The van der Waals surface area contributed by atoms with Gasteiger partial charge in [-0.1, -0.05) is 13.8 Å². The number of nitrogens with zero attached hydrogens (tertiary/aromatic N) is 4. The summed E-state index contributed by atoms with van der Waals surface area (Å²) in [4.78, 5) is 35.1. The third-order valence-corrected chi connectivity index (χ3v) is 5.22. The zero-order valence-electron chi connectivity index (χ0n) is 18.9. The molecule has 0 spiro atoms. The molecule has 0 fully saturated rings. The second kappa shape index (κ2) is 11.2. The Kier molecular flexibility index (Phi) is 8.15. The van der Waals surface area contributed by atoms with Crippen molar-refractivity contribution in [1.29, 1.82) is 0 Å². The lowest BCUT2D eigenvalue weighted by molar-refractivity contribution is -0.116. The van der Waals surface area contributed by atoms with Gasteiger partial charge in [-0.3, -0.25) is 9.36 Å². The Morgan fingerprint density at radius 2 is 1.81 bits per heavy atom. The van der Waals surface area contributed by atoms with Gasteiger partial charge in [0.05, 0.1) is 5.52 Å². The van der Waals surface area contributed by atoms with Crippen molar-refractivity contribution in [2.75, 3.05) is 36.8 Å². The van der Waals surface area contributed by atoms with Crippen LogP contribution < -0.4 is 16.0 Å². The minimum absolute atomic E-state index is 0.0603. The predicted octanol–water partition coefficient (Wildman–Crippen LogP) is 3.81. The smallest absolute Gasteiger partial charge is 0.326 e. The highest BCUT2D eigenvalue weighted by molar-refractivity contribution is 5.93. The first-order chi connectivity index (χ1) is 15.5. The van der Waals surface area contributed by atoms with Crippen LogP contribution in [0.3, 0.4) is 0 Å². The standard InChI is InChI=1S/C23H31N7O2/c1-4-24-23(32)30-13-11-17-14-18(9-10-19(17)30)27-20-15-21(26-16-25-20)28-22(31)8-7-12-29(5-2)6-3/h9-11,13-16H,4-8,12H2,1-3H3,(H,24,32)(H2,25,26,27,28,31). The molecule has 9 heteroatoms. The van der Waals surface area contributed by atoms with Gasteiger partial charge < -0.3 is 20.9 Å². The van der Waals surface area contributed by atoms with E-state index in [0.717, 1.165) is 42.6 Å². The molecule has 0 aliphatic carbocycles. The van der Waals surface area contributed by atoms with Crippen molar-refractivity contribution in [3.63, 3.8) is 0 Å². The molecule has 9 nitrogen and oxygen atoms in total. The zero-order valence-corrected chi connectivity index (χ0v) is 18.9. The SMILES string of the molecule is CCNC(=O)n1ccc2cc(Nc3cc(NC(=O)CCCN(CC)CC)ncn3)ccc21. The lowest BCUT2D eigenvalue weighted by Gasteiger charge is -2.17. The van der Waals surface area contributed by atoms with Crippen molar-refractivity contribution in [3.05, 3.63) is 42.9 Å². The number of carbonyl (C=O) groups excluding carboxylic acids is 2. The Labute approximate surface area is 188 Å². The quantitative estimate of drug-likeness (QED) is 0.446. The van der Waals surface area contributed by atoms with Gasteiger partial charge in [-0.2, -0.15) is 0 Å². The molecule has 0 radical (unpaired) electrons. The second-order valence-electron chi connectivity index (χ2n) is 7.39. The van der Waals surface area contributed by atoms with Crippen LogP contribution in [0.1, 0.15) is 33.6 Å². The Morgan fingerprint density at radius 1 is 1.03 bits per heavy atom. The molecule has 170 valence electrons. The van der Waals surface area contributed by atoms with E-state index in [0.29, 0.717) is 24.6 Å². The normalized spacial score (nSPS) is 11.0. The van der Waals surface area contributed by atoms with Crippen molar-refractivity contribution < 1.29 is 9.59 Å². The van der Waals surface area contributed by atoms with Gasteiger partial charge in [0.1, 0.15) is 18.0 Å². The first-order valence-electron chi connectivity index (χ1n) is 11.0. The number of hydrogen-bond acceptors (Lipinski definition) is 6. The maximum atomic E-state index is 12.2. The van der Waals surface area contributed by atoms with Crippen molar-refractivity contribution in [1.82, 2.24) is 24.8 Å². The minimum atomic E-state index is -0.156. The maximum absolute atomic E-state index is 12.2. The summed E-state index contributed by atoms with van der Waals surface area (Å²) in [5, 5.41) is 9.79. The molecule has 32 heavy (non-hydrogen) atoms. The van der Waals surface area contributed by atoms with Gasteiger partial charge in [-0.15, -0.1) is 0 Å². The van der Waals surface area contributed by atoms with Crippen molar-refractivity contribution in [2.45, 2.75) is 33.6 Å². The van der Waals surface area contributed by atoms with Crippen molar-refractivity contribution in [2.24, 2.45) is 0 Å². The average Bonchev–Trinajstić information content (AvgIpc) is 3.20. The minimum Gasteiger partial charge on any atom is -0.340 e. The van der Waals surface area contributed by atoms with E-state index in [-0.39, 0.29) is 11.9 Å². The molecule has 0 unspecified atom stereocenters. The number of carbonyl (C=O) groups is 2. The van der Waals surface area contributed by atoms with E-state index in [2.05, 4.69) is 44.7 Å². The largest absolute Gasteiger partial charge is 0.340 e. The van der Waals surface area contributed by atoms with Gasteiger partial charge in [0.2, 0.25) is 5.91 Å². The molecule has 3 aromatic rings. The van der Waals surface area contributed by atoms with E-state index in [1.807, 2.05) is 31.2 Å². The molecule has 0 bridgehead atoms. The first kappa shape index (κ1) is 23.2. The van der Waals surface area contributed by atoms with E-state index >= 15 is 0 Å². The van der Waals surface area contributed by atoms with Gasteiger partial charge in [0.15, 0.2) is 0 Å². The number of anilines is 3. The number of nitrogens with one attached hydrogen (secondary N) is 3. The van der Waals surface area contributed by atoms with Crippen LogP contribution in [0.2, 0.25) is 0 Å². The van der Waals surface area contributed by atoms with Crippen LogP contribution in [-0.2, 0) is 4.79 Å². The highest BCUT2D eigenvalue weighted by atomic mass is 16.2. The predicted molar refractivity (Wildman–Crippen MR) is 127 cm³/mol. The number of fused-ring (bicyclic) bond motifs is 1. The van der Waals surface area contributed by atoms with E-state index in [9.17, 15) is 9.59 Å². The molecule has 3 rings (SSSR count). The lowest BCUT2D eigenvalue weighted by Crippen LogP contribution is -2.27. The summed E-state index contributed by atoms with van der Waals surface area (Å²) in [6, 6.07) is 9.14. The fourth-order valence-corrected chi connectivity index (χ4v) is 3.48. The molecule has 0 aliphatic heterocycles. The van der Waals surface area contributed by atoms with Gasteiger partial charge in [0.25, 0.3) is 0 Å². The third kappa shape index (κ3) is 6.04. The summed E-state index contributed by atoms with van der Waals surface area (Å²) in [5.74, 6) is 0.967. The number of amides is 2. The molecular formula is C23H31N7O2. The average molecular weight is 438 g/mol. The molecule has 3 N–H and O–H groups in total. The summed E-state index contributed by atoms with van der Waals surface area (Å²) < 4.78 is 1.58. The van der Waals surface area contributed by atoms with Crippen molar-refractivity contribution >= 4 is 40.2 Å². The number of hydrogen-bond donors (Lipinski definition) is 3. The van der Waals surface area contributed by atoms with Gasteiger partial charge >= 0.3 is 6.03 Å². The second-order valence-corrected chi connectivity index (χ2v) is 7.39. The van der Waals surface area contributed by atoms with Gasteiger partial charge in [-0.25, -0.2) is 14.8 Å². The van der Waals surface area contributed by atoms with Crippen LogP contribution in [0.15, 0.2) is 42.9 Å². The number of rotatable bonds is 10. The zero-order chi connectivity index (χ0) is 22.9. The third-order valence-electron chi connectivity index (χ3n) is 5.22. The molecule has 0 saturated heterocycles. The van der Waals surface area contributed by atoms with E-state index in [1.165, 1.54) is 6.33 Å². The first-order valence-corrected chi connectivity index (χ1v) is 11.0. The summed E-state index contributed by atoms with van der Waals surface area (Å²) in [5.41, 5.74) is 1.64. The Morgan fingerprint density at radius 3 is 2.56 bits per heavy atom. The molecule has 2 amide bonds. The summed E-state index contributed by atoms with van der Waals surface area (Å²) >= 11 is 0. The molecule has 0 aliphatic rings. The van der Waals surface area contributed by atoms with Crippen LogP contribution in [-0.4, -0.2) is 57.6 Å². The fourth-order valence-electron chi connectivity index (χ4n) is 3.48. The highest BCUT2D eigenvalue weighted by Gasteiger charge is 2.10. The fraction of sp³-hybridized carbons (Fsp3) is 0.391. The van der Waals surface area contributed by atoms with Crippen molar-refractivity contribution in [3.8, 4) is 0 Å². The summed E-state index contributed by atoms with van der Waals surface area (Å²) in [6.45, 7) is 9.58. The van der Waals surface area contributed by atoms with Gasteiger partial charge in [-0.05, 0) is 57.2 Å². The topological polar surface area (TPSA) is 104 Å². The molecular weight excluding hydrogens is 406 g/mol. The summed E-state index contributed by atoms with van der Waals surface area (Å²) in [7, 11) is 0. The molecule has 2 aromatic heterocycles. The lowest BCUT2D eigenvalue weighted by atomic mass is 10.2. The molecule has 0 atom stereocenters. The van der Waals surface area contributed by atoms with Crippen LogP contribution in [0.4, 0.5) is 22.1 Å². The van der Waals surface area contributed by atoms with Crippen LogP contribution in [0, 0.1) is 0 Å². The molecule has 1 aromatic carbocycles. The maximum Gasteiger partial charge on any atom is 0.326 e. The van der Waals surface area contributed by atoms with E-state index in [4.69, 9.17) is 0 Å². The Balaban J connectivity index is 1.61. The van der Waals surface area contributed by atoms with Crippen LogP contribution >= 0.6 is 0 Å². The number of aromatic nitrogens is 3. The molecule has 2 heterocycles. The summed E-state index contributed by atoms with van der Waals surface area (Å²) in [6.07, 6.45) is 4.41. The Hall–Kier alpha value is -3.46. The van der Waals surface area contributed by atoms with Gasteiger partial charge in [0, 0.05) is 36.3 Å². The monoisotopic (exact) mass is 437 g/mol. The molecule has 0 saturated carbocycles.